The van der Waals surface area contributed by atoms with E-state index < -0.39 is 18.0 Å². The fourth-order valence-electron chi connectivity index (χ4n) is 4.27. The highest BCUT2D eigenvalue weighted by molar-refractivity contribution is 6.04. The highest BCUT2D eigenvalue weighted by Crippen LogP contribution is 2.28. The maximum Gasteiger partial charge on any atom is 0.573 e. The number of likely N-dealkylation sites (N-methyl/N-ethyl adjacent to an activating group) is 1. The van der Waals surface area contributed by atoms with E-state index in [1.807, 2.05) is 19.3 Å². The van der Waals surface area contributed by atoms with E-state index in [2.05, 4.69) is 53.9 Å². The van der Waals surface area contributed by atoms with Gasteiger partial charge in [0.2, 0.25) is 0 Å². The Hall–Kier alpha value is -4.36. The molecule has 0 atom stereocenters. The molecule has 2 aliphatic heterocycles. The average molecular weight is 541 g/mol. The Morgan fingerprint density at radius 1 is 1.08 bits per heavy atom. The molecule has 0 unspecified atom stereocenters. The van der Waals surface area contributed by atoms with Crippen LogP contribution in [0.5, 0.6) is 5.75 Å². The van der Waals surface area contributed by atoms with E-state index in [9.17, 15) is 18.0 Å². The topological polar surface area (TPSA) is 97.9 Å². The normalized spacial score (nSPS) is 16.1. The van der Waals surface area contributed by atoms with Crippen LogP contribution in [0.25, 0.3) is 5.70 Å². The first-order valence-corrected chi connectivity index (χ1v) is 12.2. The van der Waals surface area contributed by atoms with Crippen molar-refractivity contribution in [3.8, 4) is 5.75 Å². The Bertz CT molecular complexity index is 1390. The number of carbonyl (C=O) groups is 1. The molecule has 3 aromatic rings. The summed E-state index contributed by atoms with van der Waals surface area (Å²) >= 11 is 0. The van der Waals surface area contributed by atoms with Crippen molar-refractivity contribution < 1.29 is 22.7 Å². The molecule has 4 heterocycles. The second-order valence-corrected chi connectivity index (χ2v) is 9.23. The number of amides is 1. The molecule has 0 saturated carbocycles. The van der Waals surface area contributed by atoms with Crippen LogP contribution < -0.4 is 30.9 Å². The first-order chi connectivity index (χ1) is 18.6. The molecule has 0 bridgehead atoms. The lowest BCUT2D eigenvalue weighted by atomic mass is 10.2. The molecule has 5 rings (SSSR count). The molecule has 0 radical (unpaired) electrons. The number of nitrogens with zero attached hydrogens (tertiary/aromatic N) is 5. The van der Waals surface area contributed by atoms with Crippen molar-refractivity contribution in [2.75, 3.05) is 48.5 Å². The Kier molecular flexibility index (Phi) is 7.26. The van der Waals surface area contributed by atoms with E-state index in [1.165, 1.54) is 18.3 Å². The highest BCUT2D eigenvalue weighted by Gasteiger charge is 2.31. The largest absolute Gasteiger partial charge is 0.573 e. The van der Waals surface area contributed by atoms with Gasteiger partial charge >= 0.3 is 6.36 Å². The van der Waals surface area contributed by atoms with Gasteiger partial charge in [0.1, 0.15) is 5.75 Å². The molecule has 10 nitrogen and oxygen atoms in total. The monoisotopic (exact) mass is 540 g/mol. The number of hydrogen-bond acceptors (Lipinski definition) is 9. The first kappa shape index (κ1) is 26.3. The Morgan fingerprint density at radius 2 is 1.87 bits per heavy atom. The van der Waals surface area contributed by atoms with Crippen molar-refractivity contribution in [1.29, 1.82) is 0 Å². The van der Waals surface area contributed by atoms with Gasteiger partial charge in [0.05, 0.1) is 40.8 Å². The highest BCUT2D eigenvalue weighted by atomic mass is 19.4. The Morgan fingerprint density at radius 3 is 2.64 bits per heavy atom. The van der Waals surface area contributed by atoms with Gasteiger partial charge in [0.15, 0.2) is 0 Å². The quantitative estimate of drug-likeness (QED) is 0.434. The van der Waals surface area contributed by atoms with Gasteiger partial charge in [0.25, 0.3) is 5.91 Å². The fraction of sp³-hybridized carbons (Fsp3) is 0.269. The number of carbonyl (C=O) groups excluding carboxylic acids is 1. The third kappa shape index (κ3) is 6.38. The summed E-state index contributed by atoms with van der Waals surface area (Å²) in [5.41, 5.74) is 10.7. The van der Waals surface area contributed by atoms with Gasteiger partial charge in [0, 0.05) is 49.7 Å². The molecular formula is C26H27F3N8O2. The van der Waals surface area contributed by atoms with Crippen molar-refractivity contribution in [1.82, 2.24) is 25.8 Å². The SMILES string of the molecule is Cc1ncc(NC(=O)c2cccc(OC(F)(F)F)c2)cc1N1C=C(c2cncc(N3CCN(C)CC3)c2)NN1. The number of hydrogen-bond donors (Lipinski definition) is 3. The Balaban J connectivity index is 1.31. The van der Waals surface area contributed by atoms with Crippen molar-refractivity contribution >= 4 is 28.7 Å². The number of ether oxygens (including phenoxy) is 1. The van der Waals surface area contributed by atoms with Gasteiger partial charge in [-0.2, -0.15) is 0 Å². The zero-order valence-electron chi connectivity index (χ0n) is 21.3. The van der Waals surface area contributed by atoms with E-state index in [1.54, 1.807) is 17.3 Å². The molecule has 39 heavy (non-hydrogen) atoms. The molecule has 204 valence electrons. The first-order valence-electron chi connectivity index (χ1n) is 12.2. The van der Waals surface area contributed by atoms with Crippen molar-refractivity contribution in [2.45, 2.75) is 13.3 Å². The molecule has 0 aliphatic carbocycles. The molecule has 2 aliphatic rings. The maximum absolute atomic E-state index is 12.7. The lowest BCUT2D eigenvalue weighted by molar-refractivity contribution is -0.274. The number of alkyl halides is 3. The van der Waals surface area contributed by atoms with Crippen molar-refractivity contribution in [3.63, 3.8) is 0 Å². The molecule has 13 heteroatoms. The van der Waals surface area contributed by atoms with Gasteiger partial charge in [-0.1, -0.05) is 6.07 Å². The van der Waals surface area contributed by atoms with E-state index in [0.29, 0.717) is 17.1 Å². The number of aryl methyl sites for hydroxylation is 1. The molecule has 1 fully saturated rings. The standard InChI is InChI=1S/C26H27F3N8O2/c1-17-24(12-20(14-31-17)32-25(38)18-4-3-5-22(11-18)39-26(27,28)29)37-16-23(33-34-37)19-10-21(15-30-13-19)36-8-6-35(2)7-9-36/h3-5,10-16,33-34H,6-9H2,1-2H3,(H,32,38). The smallest absolute Gasteiger partial charge is 0.406 e. The van der Waals surface area contributed by atoms with Crippen LogP contribution in [0.4, 0.5) is 30.2 Å². The third-order valence-corrected chi connectivity index (χ3v) is 6.38. The van der Waals surface area contributed by atoms with E-state index in [4.69, 9.17) is 0 Å². The van der Waals surface area contributed by atoms with Crippen LogP contribution in [0.1, 0.15) is 21.6 Å². The van der Waals surface area contributed by atoms with Gasteiger partial charge in [-0.15, -0.1) is 18.7 Å². The van der Waals surface area contributed by atoms with E-state index >= 15 is 0 Å². The average Bonchev–Trinajstić information content (AvgIpc) is 3.40. The lowest BCUT2D eigenvalue weighted by Crippen LogP contribution is -2.44. The van der Waals surface area contributed by atoms with E-state index in [-0.39, 0.29) is 5.56 Å². The van der Waals surface area contributed by atoms with Crippen LogP contribution in [-0.4, -0.2) is 60.4 Å². The predicted molar refractivity (Wildman–Crippen MR) is 141 cm³/mol. The van der Waals surface area contributed by atoms with Crippen molar-refractivity contribution in [3.05, 3.63) is 78.0 Å². The van der Waals surface area contributed by atoms with Gasteiger partial charge in [-0.05, 0) is 44.3 Å². The van der Waals surface area contributed by atoms with Crippen LogP contribution >= 0.6 is 0 Å². The molecule has 1 aromatic carbocycles. The number of pyridine rings is 2. The summed E-state index contributed by atoms with van der Waals surface area (Å²) in [5, 5.41) is 4.41. The van der Waals surface area contributed by atoms with E-state index in [0.717, 1.165) is 55.3 Å². The van der Waals surface area contributed by atoms with Crippen molar-refractivity contribution in [2.24, 2.45) is 0 Å². The summed E-state index contributed by atoms with van der Waals surface area (Å²) in [6.45, 7) is 5.67. The molecule has 0 spiro atoms. The molecular weight excluding hydrogens is 513 g/mol. The van der Waals surface area contributed by atoms with Crippen LogP contribution in [0.2, 0.25) is 0 Å². The zero-order chi connectivity index (χ0) is 27.6. The van der Waals surface area contributed by atoms with Gasteiger partial charge in [-0.3, -0.25) is 19.8 Å². The number of hydrazine groups is 2. The molecule has 1 amide bonds. The number of halogens is 3. The minimum Gasteiger partial charge on any atom is -0.406 e. The number of anilines is 3. The summed E-state index contributed by atoms with van der Waals surface area (Å²) < 4.78 is 41.5. The summed E-state index contributed by atoms with van der Waals surface area (Å²) in [5.74, 6) is -1.08. The number of rotatable bonds is 6. The van der Waals surface area contributed by atoms with Crippen LogP contribution in [-0.2, 0) is 0 Å². The van der Waals surface area contributed by atoms with Crippen LogP contribution in [0.15, 0.2) is 61.2 Å². The fourth-order valence-corrected chi connectivity index (χ4v) is 4.27. The summed E-state index contributed by atoms with van der Waals surface area (Å²) in [6, 6.07) is 8.66. The van der Waals surface area contributed by atoms with Crippen LogP contribution in [0, 0.1) is 6.92 Å². The molecule has 1 saturated heterocycles. The lowest BCUT2D eigenvalue weighted by Gasteiger charge is -2.33. The number of nitrogens with one attached hydrogen (secondary N) is 3. The van der Waals surface area contributed by atoms with Crippen LogP contribution in [0.3, 0.4) is 0 Å². The third-order valence-electron chi connectivity index (χ3n) is 6.38. The minimum atomic E-state index is -4.85. The molecule has 3 N–H and O–H groups in total. The zero-order valence-corrected chi connectivity index (χ0v) is 21.3. The number of benzene rings is 1. The number of aromatic nitrogens is 2. The summed E-state index contributed by atoms with van der Waals surface area (Å²) in [6.07, 6.45) is 2.13. The van der Waals surface area contributed by atoms with Gasteiger partial charge in [-0.25, -0.2) is 0 Å². The maximum atomic E-state index is 12.7. The second-order valence-electron chi connectivity index (χ2n) is 9.23. The summed E-state index contributed by atoms with van der Waals surface area (Å²) in [4.78, 5) is 26.1. The van der Waals surface area contributed by atoms with Gasteiger partial charge < -0.3 is 25.3 Å². The number of piperazine rings is 1. The Labute approximate surface area is 223 Å². The second kappa shape index (κ2) is 10.8. The molecule has 2 aromatic heterocycles. The minimum absolute atomic E-state index is 0.00903. The summed E-state index contributed by atoms with van der Waals surface area (Å²) in [7, 11) is 2.11. The predicted octanol–water partition coefficient (Wildman–Crippen LogP) is 3.52.